The van der Waals surface area contributed by atoms with Crippen LogP contribution in [-0.2, 0) is 11.0 Å². The van der Waals surface area contributed by atoms with Gasteiger partial charge in [0.15, 0.2) is 6.54 Å². The Hall–Kier alpha value is -2.87. The molecular weight excluding hydrogens is 395 g/mol. The van der Waals surface area contributed by atoms with Crippen LogP contribution in [0.5, 0.6) is 0 Å². The topological polar surface area (TPSA) is 74.8 Å². The molecule has 8 heteroatoms. The van der Waals surface area contributed by atoms with Gasteiger partial charge in [0.2, 0.25) is 0 Å². The Balaban J connectivity index is 1.57. The molecule has 0 aliphatic heterocycles. The summed E-state index contributed by atoms with van der Waals surface area (Å²) in [6.07, 6.45) is 1.42. The molecule has 1 fully saturated rings. The summed E-state index contributed by atoms with van der Waals surface area (Å²) in [6.45, 7) is 0.311. The number of anilines is 2. The van der Waals surface area contributed by atoms with Crippen molar-refractivity contribution in [2.24, 2.45) is 0 Å². The third-order valence-electron chi connectivity index (χ3n) is 5.14. The van der Waals surface area contributed by atoms with Crippen molar-refractivity contribution in [3.8, 4) is 0 Å². The number of rotatable bonds is 6. The summed E-state index contributed by atoms with van der Waals surface area (Å²) < 4.78 is 38.5. The Labute approximate surface area is 173 Å². The molecule has 2 amide bonds. The lowest BCUT2D eigenvalue weighted by Crippen LogP contribution is -2.91. The second-order valence-electron chi connectivity index (χ2n) is 7.50. The van der Waals surface area contributed by atoms with Gasteiger partial charge in [-0.2, -0.15) is 13.2 Å². The third-order valence-corrected chi connectivity index (χ3v) is 5.14. The van der Waals surface area contributed by atoms with E-state index in [2.05, 4.69) is 16.0 Å². The number of nitrogens with one attached hydrogen (secondary N) is 2. The van der Waals surface area contributed by atoms with Gasteiger partial charge in [0.05, 0.1) is 11.6 Å². The minimum atomic E-state index is -4.49. The van der Waals surface area contributed by atoms with Crippen LogP contribution in [-0.4, -0.2) is 24.4 Å². The van der Waals surface area contributed by atoms with Crippen molar-refractivity contribution < 1.29 is 28.1 Å². The SMILES string of the molecule is O=C(C[NH2+]C1CCCCC1)Nc1cccc(C(=O)Nc2cccc(C(F)(F)F)c2)c1. The van der Waals surface area contributed by atoms with Crippen LogP contribution in [0.1, 0.15) is 48.0 Å². The fourth-order valence-corrected chi connectivity index (χ4v) is 3.57. The normalized spacial score (nSPS) is 14.9. The Kier molecular flexibility index (Phi) is 7.10. The van der Waals surface area contributed by atoms with Crippen LogP contribution in [0.2, 0.25) is 0 Å². The van der Waals surface area contributed by atoms with Crippen molar-refractivity contribution in [2.75, 3.05) is 17.2 Å². The number of carbonyl (C=O) groups excluding carboxylic acids is 2. The van der Waals surface area contributed by atoms with Gasteiger partial charge in [-0.15, -0.1) is 0 Å². The molecule has 1 aliphatic rings. The number of carbonyl (C=O) groups is 2. The molecule has 4 N–H and O–H groups in total. The second kappa shape index (κ2) is 9.75. The first-order valence-electron chi connectivity index (χ1n) is 10.0. The maximum absolute atomic E-state index is 12.8. The molecule has 5 nitrogen and oxygen atoms in total. The number of amides is 2. The van der Waals surface area contributed by atoms with Gasteiger partial charge in [0.25, 0.3) is 11.8 Å². The molecule has 0 aromatic heterocycles. The first-order chi connectivity index (χ1) is 14.3. The highest BCUT2D eigenvalue weighted by Gasteiger charge is 2.30. The number of benzene rings is 2. The molecule has 2 aromatic carbocycles. The predicted octanol–water partition coefficient (Wildman–Crippen LogP) is 3.79. The van der Waals surface area contributed by atoms with Gasteiger partial charge in [-0.3, -0.25) is 9.59 Å². The fraction of sp³-hybridized carbons (Fsp3) is 0.364. The molecule has 1 aliphatic carbocycles. The van der Waals surface area contributed by atoms with Gasteiger partial charge >= 0.3 is 6.18 Å². The smallest absolute Gasteiger partial charge is 0.336 e. The molecule has 160 valence electrons. The van der Waals surface area contributed by atoms with Crippen molar-refractivity contribution in [3.63, 3.8) is 0 Å². The summed E-state index contributed by atoms with van der Waals surface area (Å²) in [6, 6.07) is 11.2. The molecule has 1 saturated carbocycles. The Morgan fingerprint density at radius 3 is 2.30 bits per heavy atom. The Bertz CT molecular complexity index is 893. The van der Waals surface area contributed by atoms with Crippen molar-refractivity contribution >= 4 is 23.2 Å². The van der Waals surface area contributed by atoms with Gasteiger partial charge < -0.3 is 16.0 Å². The monoisotopic (exact) mass is 420 g/mol. The van der Waals surface area contributed by atoms with E-state index in [0.29, 0.717) is 18.3 Å². The summed E-state index contributed by atoms with van der Waals surface area (Å²) in [4.78, 5) is 24.6. The molecule has 30 heavy (non-hydrogen) atoms. The summed E-state index contributed by atoms with van der Waals surface area (Å²) in [5.41, 5.74) is -0.0860. The fourth-order valence-electron chi connectivity index (χ4n) is 3.57. The molecule has 0 saturated heterocycles. The van der Waals surface area contributed by atoms with Crippen LogP contribution in [0.3, 0.4) is 0 Å². The van der Waals surface area contributed by atoms with E-state index < -0.39 is 17.6 Å². The molecule has 0 atom stereocenters. The van der Waals surface area contributed by atoms with Crippen LogP contribution in [0, 0.1) is 0 Å². The minimum absolute atomic E-state index is 0.0475. The molecule has 2 aromatic rings. The zero-order chi connectivity index (χ0) is 21.6. The van der Waals surface area contributed by atoms with Gasteiger partial charge in [-0.25, -0.2) is 0 Å². The number of nitrogens with two attached hydrogens (primary N) is 1. The molecule has 0 unspecified atom stereocenters. The van der Waals surface area contributed by atoms with E-state index in [9.17, 15) is 22.8 Å². The van der Waals surface area contributed by atoms with Gasteiger partial charge in [-0.1, -0.05) is 18.6 Å². The van der Waals surface area contributed by atoms with E-state index in [0.717, 1.165) is 25.0 Å². The number of hydrogen-bond donors (Lipinski definition) is 3. The van der Waals surface area contributed by atoms with Crippen molar-refractivity contribution in [1.29, 1.82) is 0 Å². The quantitative estimate of drug-likeness (QED) is 0.665. The van der Waals surface area contributed by atoms with Crippen LogP contribution in [0.25, 0.3) is 0 Å². The molecule has 0 spiro atoms. The van der Waals surface area contributed by atoms with E-state index in [4.69, 9.17) is 0 Å². The van der Waals surface area contributed by atoms with Crippen molar-refractivity contribution in [2.45, 2.75) is 44.3 Å². The standard InChI is InChI=1S/C22H24F3N3O2/c23-22(24,25)16-7-5-11-19(13-16)28-21(30)15-6-4-10-18(12-15)27-20(29)14-26-17-8-2-1-3-9-17/h4-7,10-13,17,26H,1-3,8-9,14H2,(H,27,29)(H,28,30)/p+1. The van der Waals surface area contributed by atoms with E-state index >= 15 is 0 Å². The first-order valence-corrected chi connectivity index (χ1v) is 10.0. The Morgan fingerprint density at radius 1 is 0.933 bits per heavy atom. The lowest BCUT2D eigenvalue weighted by molar-refractivity contribution is -0.681. The summed E-state index contributed by atoms with van der Waals surface area (Å²) >= 11 is 0. The average Bonchev–Trinajstić information content (AvgIpc) is 2.73. The highest BCUT2D eigenvalue weighted by Crippen LogP contribution is 2.30. The molecule has 0 bridgehead atoms. The van der Waals surface area contributed by atoms with E-state index in [1.807, 2.05) is 0 Å². The molecular formula is C22H25F3N3O2+. The molecule has 0 radical (unpaired) electrons. The maximum atomic E-state index is 12.8. The summed E-state index contributed by atoms with van der Waals surface area (Å²) in [5, 5.41) is 7.29. The Morgan fingerprint density at radius 2 is 1.60 bits per heavy atom. The lowest BCUT2D eigenvalue weighted by atomic mass is 9.95. The van der Waals surface area contributed by atoms with Crippen LogP contribution in [0.4, 0.5) is 24.5 Å². The third kappa shape index (κ3) is 6.32. The average molecular weight is 420 g/mol. The molecule has 3 rings (SSSR count). The van der Waals surface area contributed by atoms with Gasteiger partial charge in [-0.05, 0) is 62.1 Å². The van der Waals surface area contributed by atoms with Crippen LogP contribution < -0.4 is 16.0 Å². The van der Waals surface area contributed by atoms with Gasteiger partial charge in [0, 0.05) is 16.9 Å². The molecule has 0 heterocycles. The van der Waals surface area contributed by atoms with E-state index in [-0.39, 0.29) is 17.2 Å². The van der Waals surface area contributed by atoms with Crippen molar-refractivity contribution in [3.05, 3.63) is 59.7 Å². The lowest BCUT2D eigenvalue weighted by Gasteiger charge is -2.19. The minimum Gasteiger partial charge on any atom is -0.336 e. The van der Waals surface area contributed by atoms with Crippen molar-refractivity contribution in [1.82, 2.24) is 0 Å². The zero-order valence-electron chi connectivity index (χ0n) is 16.5. The van der Waals surface area contributed by atoms with E-state index in [1.54, 1.807) is 12.1 Å². The highest BCUT2D eigenvalue weighted by molar-refractivity contribution is 6.05. The highest BCUT2D eigenvalue weighted by atomic mass is 19.4. The van der Waals surface area contributed by atoms with Gasteiger partial charge in [0.1, 0.15) is 0 Å². The van der Waals surface area contributed by atoms with Crippen LogP contribution in [0.15, 0.2) is 48.5 Å². The summed E-state index contributed by atoms with van der Waals surface area (Å²) in [7, 11) is 0. The summed E-state index contributed by atoms with van der Waals surface area (Å²) in [5.74, 6) is -0.713. The maximum Gasteiger partial charge on any atom is 0.416 e. The number of alkyl halides is 3. The predicted molar refractivity (Wildman–Crippen MR) is 108 cm³/mol. The number of halogens is 3. The van der Waals surface area contributed by atoms with E-state index in [1.165, 1.54) is 43.5 Å². The zero-order valence-corrected chi connectivity index (χ0v) is 16.5. The number of quaternary nitrogens is 1. The largest absolute Gasteiger partial charge is 0.416 e. The second-order valence-corrected chi connectivity index (χ2v) is 7.50. The first kappa shape index (κ1) is 21.8. The number of hydrogen-bond acceptors (Lipinski definition) is 2. The van der Waals surface area contributed by atoms with Crippen LogP contribution >= 0.6 is 0 Å².